The highest BCUT2D eigenvalue weighted by Crippen LogP contribution is 2.17. The monoisotopic (exact) mass is 226 g/mol. The Hall–Kier alpha value is -1.06. The maximum absolute atomic E-state index is 11.7. The normalized spacial score (nSPS) is 20.2. The number of nitrogens with one attached hydrogen (secondary N) is 1. The van der Waals surface area contributed by atoms with Gasteiger partial charge < -0.3 is 10.2 Å². The molecule has 0 aromatic carbocycles. The first kappa shape index (κ1) is 13.0. The lowest BCUT2D eigenvalue weighted by Crippen LogP contribution is -2.33. The minimum atomic E-state index is -0.129. The number of nitrogens with zero attached hydrogens (tertiary/aromatic N) is 1. The zero-order chi connectivity index (χ0) is 12.0. The Morgan fingerprint density at radius 2 is 2.19 bits per heavy atom. The second-order valence-electron chi connectivity index (χ2n) is 4.39. The van der Waals surface area contributed by atoms with E-state index in [9.17, 15) is 9.59 Å². The van der Waals surface area contributed by atoms with E-state index in [2.05, 4.69) is 12.2 Å². The van der Waals surface area contributed by atoms with E-state index in [-0.39, 0.29) is 17.7 Å². The summed E-state index contributed by atoms with van der Waals surface area (Å²) in [5.74, 6) is 0.0359. The van der Waals surface area contributed by atoms with Crippen LogP contribution in [0.25, 0.3) is 0 Å². The van der Waals surface area contributed by atoms with Gasteiger partial charge in [-0.25, -0.2) is 0 Å². The third-order valence-electron chi connectivity index (χ3n) is 2.91. The van der Waals surface area contributed by atoms with E-state index in [1.54, 1.807) is 4.90 Å². The van der Waals surface area contributed by atoms with Gasteiger partial charge in [0.2, 0.25) is 11.8 Å². The van der Waals surface area contributed by atoms with Gasteiger partial charge in [0.1, 0.15) is 0 Å². The van der Waals surface area contributed by atoms with Gasteiger partial charge in [0.05, 0.1) is 5.92 Å². The van der Waals surface area contributed by atoms with Gasteiger partial charge in [-0.15, -0.1) is 0 Å². The van der Waals surface area contributed by atoms with E-state index in [0.29, 0.717) is 13.0 Å². The first-order valence-corrected chi connectivity index (χ1v) is 6.24. The third-order valence-corrected chi connectivity index (χ3v) is 2.91. The van der Waals surface area contributed by atoms with Crippen molar-refractivity contribution < 1.29 is 9.59 Å². The molecule has 1 N–H and O–H groups in total. The van der Waals surface area contributed by atoms with Crippen LogP contribution >= 0.6 is 0 Å². The molecule has 0 spiro atoms. The first-order chi connectivity index (χ1) is 7.69. The fourth-order valence-corrected chi connectivity index (χ4v) is 1.97. The molecular formula is C12H22N2O2. The molecule has 1 atom stereocenters. The van der Waals surface area contributed by atoms with Gasteiger partial charge in [-0.1, -0.05) is 20.3 Å². The highest BCUT2D eigenvalue weighted by molar-refractivity contribution is 5.89. The minimum Gasteiger partial charge on any atom is -0.356 e. The van der Waals surface area contributed by atoms with Crippen LogP contribution in [-0.2, 0) is 9.59 Å². The average molecular weight is 226 g/mol. The molecule has 0 aromatic rings. The van der Waals surface area contributed by atoms with Gasteiger partial charge in [0.15, 0.2) is 0 Å². The van der Waals surface area contributed by atoms with Gasteiger partial charge in [-0.3, -0.25) is 9.59 Å². The number of likely N-dealkylation sites (tertiary alicyclic amines) is 1. The van der Waals surface area contributed by atoms with Crippen molar-refractivity contribution in [2.45, 2.75) is 39.5 Å². The summed E-state index contributed by atoms with van der Waals surface area (Å²) < 4.78 is 0. The fourth-order valence-electron chi connectivity index (χ4n) is 1.97. The lowest BCUT2D eigenvalue weighted by molar-refractivity contribution is -0.129. The fraction of sp³-hybridized carbons (Fsp3) is 0.833. The van der Waals surface area contributed by atoms with Crippen LogP contribution in [0, 0.1) is 5.92 Å². The van der Waals surface area contributed by atoms with E-state index >= 15 is 0 Å². The van der Waals surface area contributed by atoms with E-state index in [0.717, 1.165) is 32.4 Å². The molecule has 1 aliphatic rings. The molecule has 92 valence electrons. The number of carbonyl (C=O) groups is 2. The molecule has 0 radical (unpaired) electrons. The third kappa shape index (κ3) is 3.51. The van der Waals surface area contributed by atoms with Gasteiger partial charge in [-0.2, -0.15) is 0 Å². The van der Waals surface area contributed by atoms with Crippen LogP contribution < -0.4 is 5.32 Å². The van der Waals surface area contributed by atoms with Gasteiger partial charge in [0, 0.05) is 26.1 Å². The lowest BCUT2D eigenvalue weighted by atomic mass is 10.1. The molecule has 1 heterocycles. The van der Waals surface area contributed by atoms with Crippen molar-refractivity contribution in [2.24, 2.45) is 5.92 Å². The van der Waals surface area contributed by atoms with Gasteiger partial charge >= 0.3 is 0 Å². The van der Waals surface area contributed by atoms with Crippen LogP contribution in [-0.4, -0.2) is 36.3 Å². The van der Waals surface area contributed by atoms with Crippen molar-refractivity contribution in [3.63, 3.8) is 0 Å². The molecule has 16 heavy (non-hydrogen) atoms. The van der Waals surface area contributed by atoms with Crippen LogP contribution in [0.5, 0.6) is 0 Å². The second-order valence-corrected chi connectivity index (χ2v) is 4.39. The largest absolute Gasteiger partial charge is 0.356 e. The molecule has 1 rings (SSSR count). The molecular weight excluding hydrogens is 204 g/mol. The molecule has 1 unspecified atom stereocenters. The lowest BCUT2D eigenvalue weighted by Gasteiger charge is -2.15. The zero-order valence-corrected chi connectivity index (χ0v) is 10.3. The van der Waals surface area contributed by atoms with E-state index < -0.39 is 0 Å². The van der Waals surface area contributed by atoms with Crippen molar-refractivity contribution in [2.75, 3.05) is 19.6 Å². The summed E-state index contributed by atoms with van der Waals surface area (Å²) in [5.41, 5.74) is 0. The number of hydrogen-bond donors (Lipinski definition) is 1. The van der Waals surface area contributed by atoms with Crippen LogP contribution in [0.1, 0.15) is 39.5 Å². The van der Waals surface area contributed by atoms with Gasteiger partial charge in [-0.05, 0) is 12.8 Å². The SMILES string of the molecule is CCCCNC(=O)C1CC(=O)N(CCC)C1. The number of carbonyl (C=O) groups excluding carboxylic acids is 2. The smallest absolute Gasteiger partial charge is 0.225 e. The number of rotatable bonds is 6. The predicted octanol–water partition coefficient (Wildman–Crippen LogP) is 1.16. The van der Waals surface area contributed by atoms with Crippen molar-refractivity contribution in [1.29, 1.82) is 0 Å². The standard InChI is InChI=1S/C12H22N2O2/c1-3-5-6-13-12(16)10-8-11(15)14(9-10)7-4-2/h10H,3-9H2,1-2H3,(H,13,16). The predicted molar refractivity (Wildman–Crippen MR) is 62.9 cm³/mol. The molecule has 0 aliphatic carbocycles. The Kier molecular flexibility index (Phi) is 5.29. The van der Waals surface area contributed by atoms with Crippen LogP contribution in [0.3, 0.4) is 0 Å². The zero-order valence-electron chi connectivity index (χ0n) is 10.3. The highest BCUT2D eigenvalue weighted by atomic mass is 16.2. The van der Waals surface area contributed by atoms with Crippen molar-refractivity contribution in [3.05, 3.63) is 0 Å². The van der Waals surface area contributed by atoms with Crippen LogP contribution in [0.15, 0.2) is 0 Å². The first-order valence-electron chi connectivity index (χ1n) is 6.24. The molecule has 1 aliphatic heterocycles. The molecule has 0 aromatic heterocycles. The highest BCUT2D eigenvalue weighted by Gasteiger charge is 2.33. The summed E-state index contributed by atoms with van der Waals surface area (Å²) in [5, 5.41) is 2.89. The topological polar surface area (TPSA) is 49.4 Å². The molecule has 4 heteroatoms. The molecule has 2 amide bonds. The Bertz CT molecular complexity index is 253. The maximum atomic E-state index is 11.7. The van der Waals surface area contributed by atoms with E-state index in [4.69, 9.17) is 0 Å². The Balaban J connectivity index is 2.33. The molecule has 1 fully saturated rings. The van der Waals surface area contributed by atoms with Gasteiger partial charge in [0.25, 0.3) is 0 Å². The quantitative estimate of drug-likeness (QED) is 0.691. The number of amides is 2. The minimum absolute atomic E-state index is 0.0420. The number of hydrogen-bond acceptors (Lipinski definition) is 2. The summed E-state index contributed by atoms with van der Waals surface area (Å²) in [6.45, 7) is 6.24. The summed E-state index contributed by atoms with van der Waals surface area (Å²) in [7, 11) is 0. The Morgan fingerprint density at radius 1 is 1.44 bits per heavy atom. The summed E-state index contributed by atoms with van der Waals surface area (Å²) in [4.78, 5) is 25.1. The van der Waals surface area contributed by atoms with Crippen LogP contribution in [0.2, 0.25) is 0 Å². The Morgan fingerprint density at radius 3 is 2.81 bits per heavy atom. The maximum Gasteiger partial charge on any atom is 0.225 e. The molecule has 0 bridgehead atoms. The molecule has 4 nitrogen and oxygen atoms in total. The van der Waals surface area contributed by atoms with E-state index in [1.165, 1.54) is 0 Å². The summed E-state index contributed by atoms with van der Waals surface area (Å²) in [6.07, 6.45) is 3.42. The second kappa shape index (κ2) is 6.51. The Labute approximate surface area is 97.4 Å². The van der Waals surface area contributed by atoms with Crippen molar-refractivity contribution >= 4 is 11.8 Å². The summed E-state index contributed by atoms with van der Waals surface area (Å²) >= 11 is 0. The summed E-state index contributed by atoms with van der Waals surface area (Å²) in [6, 6.07) is 0. The van der Waals surface area contributed by atoms with Crippen molar-refractivity contribution in [1.82, 2.24) is 10.2 Å². The average Bonchev–Trinajstić information content (AvgIpc) is 2.61. The van der Waals surface area contributed by atoms with Crippen LogP contribution in [0.4, 0.5) is 0 Å². The van der Waals surface area contributed by atoms with Crippen molar-refractivity contribution in [3.8, 4) is 0 Å². The molecule has 0 saturated carbocycles. The molecule has 1 saturated heterocycles. The van der Waals surface area contributed by atoms with E-state index in [1.807, 2.05) is 6.92 Å². The number of unbranched alkanes of at least 4 members (excludes halogenated alkanes) is 1.